The minimum absolute atomic E-state index is 0.119. The number of benzene rings is 7. The van der Waals surface area contributed by atoms with Crippen LogP contribution >= 0.6 is 0 Å². The first-order valence-electron chi connectivity index (χ1n) is 17.2. The highest BCUT2D eigenvalue weighted by Gasteiger charge is 2.41. The maximum Gasteiger partial charge on any atom is 0.198 e. The highest BCUT2D eigenvalue weighted by atomic mass is 15.2. The summed E-state index contributed by atoms with van der Waals surface area (Å²) in [6, 6.07) is 57.7. The summed E-state index contributed by atoms with van der Waals surface area (Å²) < 4.78 is 0. The third-order valence-electron chi connectivity index (χ3n) is 10.8. The van der Waals surface area contributed by atoms with Gasteiger partial charge in [0.15, 0.2) is 7.28 Å². The molecule has 0 aliphatic carbocycles. The van der Waals surface area contributed by atoms with Crippen LogP contribution in [-0.4, -0.2) is 12.3 Å². The SMILES string of the molecule is CC1(C)c2ccccc2N2c3cc(N(c4ccccc4)c4ccccc4)cc(-c4cccc5c4[nH]c4ccccc45)c3Bc3cccc1c32. The molecular weight excluding hydrogens is 593 g/mol. The fourth-order valence-corrected chi connectivity index (χ4v) is 8.50. The lowest BCUT2D eigenvalue weighted by molar-refractivity contribution is 0.632. The molecule has 10 rings (SSSR count). The summed E-state index contributed by atoms with van der Waals surface area (Å²) in [6.45, 7) is 4.75. The van der Waals surface area contributed by atoms with Gasteiger partial charge in [-0.1, -0.05) is 129 Å². The van der Waals surface area contributed by atoms with E-state index in [0.717, 1.165) is 29.9 Å². The van der Waals surface area contributed by atoms with Crippen LogP contribution in [0.1, 0.15) is 25.0 Å². The topological polar surface area (TPSA) is 22.3 Å². The Hall–Kier alpha value is -6.00. The van der Waals surface area contributed by atoms with Crippen LogP contribution in [0.25, 0.3) is 32.9 Å². The molecule has 0 saturated heterocycles. The van der Waals surface area contributed by atoms with Crippen LogP contribution in [0.3, 0.4) is 0 Å². The van der Waals surface area contributed by atoms with E-state index in [-0.39, 0.29) is 5.41 Å². The highest BCUT2D eigenvalue weighted by molar-refractivity contribution is 6.73. The molecule has 1 N–H and O–H groups in total. The minimum atomic E-state index is -0.119. The van der Waals surface area contributed by atoms with E-state index >= 15 is 0 Å². The lowest BCUT2D eigenvalue weighted by Crippen LogP contribution is -2.45. The first kappa shape index (κ1) is 28.1. The Morgan fingerprint density at radius 2 is 1.20 bits per heavy atom. The number of para-hydroxylation sites is 6. The van der Waals surface area contributed by atoms with Gasteiger partial charge >= 0.3 is 0 Å². The summed E-state index contributed by atoms with van der Waals surface area (Å²) >= 11 is 0. The van der Waals surface area contributed by atoms with E-state index in [9.17, 15) is 0 Å². The lowest BCUT2D eigenvalue weighted by Gasteiger charge is -2.46. The molecule has 0 saturated carbocycles. The standard InChI is InChI=1S/C45H34BN3/c1-45(2)36-22-10-12-26-40(36)49-41-28-31(48(29-15-5-3-6-16-29)30-17-7-4-8-18-30)27-35(42(41)46-38-24-14-23-37(45)44(38)49)34-21-13-20-33-32-19-9-11-25-39(32)47-43(33)34/h3-28,46-47H,1-2H3. The van der Waals surface area contributed by atoms with Gasteiger partial charge in [-0.2, -0.15) is 0 Å². The van der Waals surface area contributed by atoms with E-state index in [1.807, 2.05) is 0 Å². The molecule has 3 nitrogen and oxygen atoms in total. The number of hydrogen-bond donors (Lipinski definition) is 1. The first-order valence-corrected chi connectivity index (χ1v) is 17.2. The Bertz CT molecular complexity index is 2530. The van der Waals surface area contributed by atoms with E-state index < -0.39 is 0 Å². The molecule has 0 unspecified atom stereocenters. The van der Waals surface area contributed by atoms with E-state index in [2.05, 4.69) is 186 Å². The molecule has 0 bridgehead atoms. The van der Waals surface area contributed by atoms with Gasteiger partial charge in [0.05, 0.1) is 11.2 Å². The van der Waals surface area contributed by atoms with Crippen molar-refractivity contribution in [1.29, 1.82) is 0 Å². The fraction of sp³-hybridized carbons (Fsp3) is 0.0667. The van der Waals surface area contributed by atoms with Gasteiger partial charge in [0.1, 0.15) is 0 Å². The Labute approximate surface area is 287 Å². The molecule has 0 radical (unpaired) electrons. The van der Waals surface area contributed by atoms with Crippen LogP contribution in [0.5, 0.6) is 0 Å². The van der Waals surface area contributed by atoms with E-state index in [1.165, 1.54) is 66.5 Å². The molecule has 2 aliphatic heterocycles. The largest absolute Gasteiger partial charge is 0.354 e. The maximum absolute atomic E-state index is 3.83. The number of nitrogens with zero attached hydrogens (tertiary/aromatic N) is 2. The average molecular weight is 628 g/mol. The Morgan fingerprint density at radius 1 is 0.551 bits per heavy atom. The van der Waals surface area contributed by atoms with Crippen molar-refractivity contribution in [3.63, 3.8) is 0 Å². The van der Waals surface area contributed by atoms with Crippen LogP contribution in [0, 0.1) is 0 Å². The third kappa shape index (κ3) is 4.10. The summed E-state index contributed by atoms with van der Waals surface area (Å²) in [5.41, 5.74) is 17.3. The molecule has 1 aromatic heterocycles. The van der Waals surface area contributed by atoms with Gasteiger partial charge in [-0.25, -0.2) is 0 Å². The summed E-state index contributed by atoms with van der Waals surface area (Å²) in [5, 5.41) is 2.50. The van der Waals surface area contributed by atoms with Gasteiger partial charge in [0.2, 0.25) is 0 Å². The zero-order chi connectivity index (χ0) is 32.7. The summed E-state index contributed by atoms with van der Waals surface area (Å²) in [4.78, 5) is 8.79. The molecule has 0 amide bonds. The van der Waals surface area contributed by atoms with Crippen LogP contribution in [0.15, 0.2) is 158 Å². The normalized spacial score (nSPS) is 13.8. The van der Waals surface area contributed by atoms with Gasteiger partial charge < -0.3 is 14.8 Å². The van der Waals surface area contributed by atoms with Gasteiger partial charge in [0.25, 0.3) is 0 Å². The van der Waals surface area contributed by atoms with Crippen molar-refractivity contribution < 1.29 is 0 Å². The second kappa shape index (κ2) is 10.5. The lowest BCUT2D eigenvalue weighted by atomic mass is 9.56. The van der Waals surface area contributed by atoms with Gasteiger partial charge in [-0.15, -0.1) is 0 Å². The van der Waals surface area contributed by atoms with Crippen molar-refractivity contribution in [2.75, 3.05) is 9.80 Å². The van der Waals surface area contributed by atoms with Crippen molar-refractivity contribution in [2.45, 2.75) is 19.3 Å². The molecule has 4 heteroatoms. The monoisotopic (exact) mass is 627 g/mol. The van der Waals surface area contributed by atoms with Crippen LogP contribution in [0.4, 0.5) is 34.1 Å². The number of H-pyrrole nitrogens is 1. The number of aromatic nitrogens is 1. The van der Waals surface area contributed by atoms with Gasteiger partial charge in [-0.05, 0) is 70.7 Å². The predicted molar refractivity (Wildman–Crippen MR) is 209 cm³/mol. The number of hydrogen-bond acceptors (Lipinski definition) is 2. The van der Waals surface area contributed by atoms with E-state index in [0.29, 0.717) is 0 Å². The number of aromatic amines is 1. The van der Waals surface area contributed by atoms with Crippen molar-refractivity contribution in [3.05, 3.63) is 169 Å². The maximum atomic E-state index is 3.83. The molecule has 49 heavy (non-hydrogen) atoms. The molecule has 7 aromatic carbocycles. The second-order valence-electron chi connectivity index (χ2n) is 13.9. The smallest absolute Gasteiger partial charge is 0.198 e. The van der Waals surface area contributed by atoms with Crippen LogP contribution in [0.2, 0.25) is 0 Å². The summed E-state index contributed by atoms with van der Waals surface area (Å²) in [7, 11) is 0.857. The molecule has 2 aliphatic rings. The molecular formula is C45H34BN3. The molecule has 232 valence electrons. The Balaban J connectivity index is 1.32. The van der Waals surface area contributed by atoms with Crippen molar-refractivity contribution in [2.24, 2.45) is 0 Å². The van der Waals surface area contributed by atoms with Crippen molar-refractivity contribution in [3.8, 4) is 11.1 Å². The van der Waals surface area contributed by atoms with Crippen molar-refractivity contribution in [1.82, 2.24) is 4.98 Å². The number of rotatable bonds is 4. The van der Waals surface area contributed by atoms with Crippen LogP contribution < -0.4 is 20.7 Å². The minimum Gasteiger partial charge on any atom is -0.354 e. The fourth-order valence-electron chi connectivity index (χ4n) is 8.50. The molecule has 3 heterocycles. The van der Waals surface area contributed by atoms with E-state index in [4.69, 9.17) is 0 Å². The second-order valence-corrected chi connectivity index (χ2v) is 13.9. The van der Waals surface area contributed by atoms with Gasteiger partial charge in [0, 0.05) is 55.7 Å². The zero-order valence-corrected chi connectivity index (χ0v) is 27.6. The quantitative estimate of drug-likeness (QED) is 0.196. The number of fused-ring (bicyclic) bond motifs is 7. The first-order chi connectivity index (χ1) is 24.1. The van der Waals surface area contributed by atoms with Crippen molar-refractivity contribution >= 4 is 74.1 Å². The highest BCUT2D eigenvalue weighted by Crippen LogP contribution is 2.53. The summed E-state index contributed by atoms with van der Waals surface area (Å²) in [5.74, 6) is 0. The predicted octanol–water partition coefficient (Wildman–Crippen LogP) is 10.3. The third-order valence-corrected chi connectivity index (χ3v) is 10.8. The number of anilines is 6. The molecule has 8 aromatic rings. The van der Waals surface area contributed by atoms with Crippen LogP contribution in [-0.2, 0) is 5.41 Å². The molecule has 0 fully saturated rings. The van der Waals surface area contributed by atoms with E-state index in [1.54, 1.807) is 0 Å². The molecule has 0 spiro atoms. The Kier molecular flexibility index (Phi) is 6.01. The molecule has 0 atom stereocenters. The number of nitrogens with one attached hydrogen (secondary N) is 1. The van der Waals surface area contributed by atoms with Gasteiger partial charge in [-0.3, -0.25) is 0 Å². The Morgan fingerprint density at radius 3 is 2.00 bits per heavy atom. The average Bonchev–Trinajstić information content (AvgIpc) is 3.53. The summed E-state index contributed by atoms with van der Waals surface area (Å²) in [6.07, 6.45) is 0. The zero-order valence-electron chi connectivity index (χ0n) is 27.6.